The van der Waals surface area contributed by atoms with Crippen molar-refractivity contribution in [1.82, 2.24) is 4.90 Å². The van der Waals surface area contributed by atoms with Gasteiger partial charge in [-0.25, -0.2) is 0 Å². The van der Waals surface area contributed by atoms with Gasteiger partial charge >= 0.3 is 0 Å². The topological polar surface area (TPSA) is 41.6 Å². The fraction of sp³-hybridized carbons (Fsp3) is 0.611. The van der Waals surface area contributed by atoms with Gasteiger partial charge in [-0.3, -0.25) is 9.69 Å². The maximum atomic E-state index is 12.1. The summed E-state index contributed by atoms with van der Waals surface area (Å²) >= 11 is 0. The van der Waals surface area contributed by atoms with Gasteiger partial charge in [-0.2, -0.15) is 0 Å². The predicted octanol–water partition coefficient (Wildman–Crippen LogP) is 3.68. The Morgan fingerprint density at radius 2 is 1.82 bits per heavy atom. The van der Waals surface area contributed by atoms with Crippen molar-refractivity contribution in [3.05, 3.63) is 24.3 Å². The first kappa shape index (κ1) is 16.8. The lowest BCUT2D eigenvalue weighted by Crippen LogP contribution is -2.33. The van der Waals surface area contributed by atoms with Gasteiger partial charge in [0.05, 0.1) is 13.2 Å². The molecule has 122 valence electrons. The van der Waals surface area contributed by atoms with E-state index in [2.05, 4.69) is 17.1 Å². The molecule has 1 heterocycles. The summed E-state index contributed by atoms with van der Waals surface area (Å²) < 4.78 is 5.62. The lowest BCUT2D eigenvalue weighted by atomic mass is 10.2. The van der Waals surface area contributed by atoms with E-state index < -0.39 is 0 Å². The van der Waals surface area contributed by atoms with Crippen LogP contribution in [-0.4, -0.2) is 37.0 Å². The molecule has 1 N–H and O–H groups in total. The summed E-state index contributed by atoms with van der Waals surface area (Å²) in [5, 5.41) is 2.97. The number of carbonyl (C=O) groups excluding carboxylic acids is 1. The summed E-state index contributed by atoms with van der Waals surface area (Å²) in [6, 6.07) is 7.64. The molecule has 4 nitrogen and oxygen atoms in total. The third kappa shape index (κ3) is 6.06. The average Bonchev–Trinajstić information content (AvgIpc) is 2.78. The molecule has 0 atom stereocenters. The monoisotopic (exact) mass is 304 g/mol. The van der Waals surface area contributed by atoms with Crippen LogP contribution in [0.3, 0.4) is 0 Å². The Labute approximate surface area is 133 Å². The molecule has 0 saturated carbocycles. The summed E-state index contributed by atoms with van der Waals surface area (Å²) in [4.78, 5) is 14.4. The summed E-state index contributed by atoms with van der Waals surface area (Å²) in [5.74, 6) is 0.931. The predicted molar refractivity (Wildman–Crippen MR) is 90.4 cm³/mol. The Bertz CT molecular complexity index is 437. The molecule has 1 aromatic carbocycles. The molecule has 1 aliphatic heterocycles. The number of ether oxygens (including phenoxy) is 1. The quantitative estimate of drug-likeness (QED) is 0.781. The van der Waals surface area contributed by atoms with E-state index in [9.17, 15) is 4.79 Å². The second-order valence-electron chi connectivity index (χ2n) is 5.96. The highest BCUT2D eigenvalue weighted by Crippen LogP contribution is 2.16. The van der Waals surface area contributed by atoms with Gasteiger partial charge in [-0.05, 0) is 56.6 Å². The molecule has 0 aliphatic carbocycles. The molecule has 0 radical (unpaired) electrons. The van der Waals surface area contributed by atoms with Crippen LogP contribution in [0, 0.1) is 0 Å². The van der Waals surface area contributed by atoms with Gasteiger partial charge in [-0.15, -0.1) is 0 Å². The van der Waals surface area contributed by atoms with E-state index in [1.54, 1.807) is 0 Å². The lowest BCUT2D eigenvalue weighted by molar-refractivity contribution is -0.117. The number of nitrogens with zero attached hydrogens (tertiary/aromatic N) is 1. The molecule has 2 rings (SSSR count). The summed E-state index contributed by atoms with van der Waals surface area (Å²) in [6.45, 7) is 5.47. The molecule has 0 spiro atoms. The Morgan fingerprint density at radius 3 is 2.45 bits per heavy atom. The highest BCUT2D eigenvalue weighted by Gasteiger charge is 2.12. The second-order valence-corrected chi connectivity index (χ2v) is 5.96. The van der Waals surface area contributed by atoms with E-state index >= 15 is 0 Å². The first-order chi connectivity index (χ1) is 10.8. The van der Waals surface area contributed by atoms with Crippen molar-refractivity contribution in [2.24, 2.45) is 0 Å². The van der Waals surface area contributed by atoms with Crippen LogP contribution in [0.1, 0.15) is 45.4 Å². The molecule has 22 heavy (non-hydrogen) atoms. The fourth-order valence-electron chi connectivity index (χ4n) is 2.67. The van der Waals surface area contributed by atoms with Crippen LogP contribution in [0.2, 0.25) is 0 Å². The third-order valence-electron chi connectivity index (χ3n) is 3.97. The van der Waals surface area contributed by atoms with Crippen molar-refractivity contribution >= 4 is 11.6 Å². The molecular weight excluding hydrogens is 276 g/mol. The van der Waals surface area contributed by atoms with Gasteiger partial charge in [0.1, 0.15) is 5.75 Å². The van der Waals surface area contributed by atoms with Crippen LogP contribution in [0.5, 0.6) is 5.75 Å². The van der Waals surface area contributed by atoms with E-state index in [0.29, 0.717) is 6.54 Å². The van der Waals surface area contributed by atoms with E-state index in [1.165, 1.54) is 25.7 Å². The zero-order valence-corrected chi connectivity index (χ0v) is 13.6. The maximum Gasteiger partial charge on any atom is 0.238 e. The summed E-state index contributed by atoms with van der Waals surface area (Å²) in [5.41, 5.74) is 0.836. The normalized spacial score (nSPS) is 16.0. The van der Waals surface area contributed by atoms with Gasteiger partial charge in [0.15, 0.2) is 0 Å². The highest BCUT2D eigenvalue weighted by atomic mass is 16.5. The molecule has 1 saturated heterocycles. The first-order valence-electron chi connectivity index (χ1n) is 8.53. The molecular formula is C18H28N2O2. The van der Waals surface area contributed by atoms with Crippen molar-refractivity contribution in [3.63, 3.8) is 0 Å². The number of anilines is 1. The number of hydrogen-bond donors (Lipinski definition) is 1. The average molecular weight is 304 g/mol. The minimum absolute atomic E-state index is 0.0709. The van der Waals surface area contributed by atoms with E-state index in [4.69, 9.17) is 4.74 Å². The number of likely N-dealkylation sites (tertiary alicyclic amines) is 1. The van der Waals surface area contributed by atoms with Crippen molar-refractivity contribution in [1.29, 1.82) is 0 Å². The van der Waals surface area contributed by atoms with Crippen LogP contribution in [0.25, 0.3) is 0 Å². The van der Waals surface area contributed by atoms with Crippen LogP contribution in [-0.2, 0) is 4.79 Å². The Kier molecular flexibility index (Phi) is 7.23. The molecule has 1 aromatic rings. The number of benzene rings is 1. The van der Waals surface area contributed by atoms with Crippen molar-refractivity contribution in [3.8, 4) is 5.75 Å². The molecule has 0 unspecified atom stereocenters. The van der Waals surface area contributed by atoms with Gasteiger partial charge in [-0.1, -0.05) is 26.2 Å². The van der Waals surface area contributed by atoms with Gasteiger partial charge < -0.3 is 10.1 Å². The zero-order valence-electron chi connectivity index (χ0n) is 13.6. The molecule has 0 aromatic heterocycles. The van der Waals surface area contributed by atoms with Crippen molar-refractivity contribution < 1.29 is 9.53 Å². The van der Waals surface area contributed by atoms with Crippen LogP contribution in [0.15, 0.2) is 24.3 Å². The molecule has 1 amide bonds. The van der Waals surface area contributed by atoms with Crippen LogP contribution in [0.4, 0.5) is 5.69 Å². The number of unbranched alkanes of at least 4 members (excludes halogenated alkanes) is 1. The first-order valence-corrected chi connectivity index (χ1v) is 8.53. The summed E-state index contributed by atoms with van der Waals surface area (Å²) in [6.07, 6.45) is 7.18. The van der Waals surface area contributed by atoms with E-state index in [1.807, 2.05) is 24.3 Å². The van der Waals surface area contributed by atoms with Crippen molar-refractivity contribution in [2.75, 3.05) is 31.6 Å². The Balaban J connectivity index is 1.75. The molecule has 1 aliphatic rings. The van der Waals surface area contributed by atoms with Crippen molar-refractivity contribution in [2.45, 2.75) is 45.4 Å². The van der Waals surface area contributed by atoms with Gasteiger partial charge in [0.25, 0.3) is 0 Å². The maximum absolute atomic E-state index is 12.1. The SMILES string of the molecule is CCCCOc1ccc(NC(=O)CN2CCCCCC2)cc1. The third-order valence-corrected chi connectivity index (χ3v) is 3.97. The van der Waals surface area contributed by atoms with E-state index in [-0.39, 0.29) is 5.91 Å². The van der Waals surface area contributed by atoms with Gasteiger partial charge in [0.2, 0.25) is 5.91 Å². The van der Waals surface area contributed by atoms with E-state index in [0.717, 1.165) is 44.0 Å². The number of rotatable bonds is 7. The Hall–Kier alpha value is -1.55. The number of nitrogens with one attached hydrogen (secondary N) is 1. The number of hydrogen-bond acceptors (Lipinski definition) is 3. The number of amides is 1. The van der Waals surface area contributed by atoms with Crippen LogP contribution < -0.4 is 10.1 Å². The van der Waals surface area contributed by atoms with Gasteiger partial charge in [0, 0.05) is 5.69 Å². The highest BCUT2D eigenvalue weighted by molar-refractivity contribution is 5.92. The second kappa shape index (κ2) is 9.46. The fourth-order valence-corrected chi connectivity index (χ4v) is 2.67. The molecule has 1 fully saturated rings. The number of carbonyl (C=O) groups is 1. The smallest absolute Gasteiger partial charge is 0.238 e. The largest absolute Gasteiger partial charge is 0.494 e. The minimum Gasteiger partial charge on any atom is -0.494 e. The standard InChI is InChI=1S/C18H28N2O2/c1-2-3-14-22-17-10-8-16(9-11-17)19-18(21)15-20-12-6-4-5-7-13-20/h8-11H,2-7,12-15H2,1H3,(H,19,21). The molecule has 4 heteroatoms. The molecule has 0 bridgehead atoms. The lowest BCUT2D eigenvalue weighted by Gasteiger charge is -2.19. The zero-order chi connectivity index (χ0) is 15.6. The Morgan fingerprint density at radius 1 is 1.14 bits per heavy atom. The van der Waals surface area contributed by atoms with Crippen LogP contribution >= 0.6 is 0 Å². The summed E-state index contributed by atoms with van der Waals surface area (Å²) in [7, 11) is 0. The minimum atomic E-state index is 0.0709.